The zero-order valence-corrected chi connectivity index (χ0v) is 17.2. The van der Waals surface area contributed by atoms with Crippen molar-refractivity contribution in [3.8, 4) is 5.75 Å². The van der Waals surface area contributed by atoms with Crippen molar-refractivity contribution < 1.29 is 23.1 Å². The Morgan fingerprint density at radius 2 is 1.81 bits per heavy atom. The van der Waals surface area contributed by atoms with Crippen LogP contribution >= 0.6 is 11.3 Å². The summed E-state index contributed by atoms with van der Waals surface area (Å²) < 4.78 is 39.1. The number of thiophene rings is 1. The van der Waals surface area contributed by atoms with Crippen LogP contribution in [-0.2, 0) is 0 Å². The van der Waals surface area contributed by atoms with E-state index in [-0.39, 0.29) is 22.6 Å². The van der Waals surface area contributed by atoms with Gasteiger partial charge >= 0.3 is 6.18 Å². The molecule has 0 saturated heterocycles. The second-order valence-electron chi connectivity index (χ2n) is 6.97. The van der Waals surface area contributed by atoms with Crippen LogP contribution in [0.1, 0.15) is 27.7 Å². The average Bonchev–Trinajstić information content (AvgIpc) is 3.23. The molecule has 0 fully saturated rings. The normalized spacial score (nSPS) is 12.5. The standard InChI is InChI=1S/C20H18F3N3O4S/c1-26(2)19(30)10-5-3-6-11(16(10)27)24-14-15(18(29)17(14)28)25-12(9-20(21,22)23)13-7-4-8-31-13/h3-8,12,24-25,27H,9H2,1-2H3. The fraction of sp³-hybridized carbons (Fsp3) is 0.250. The van der Waals surface area contributed by atoms with Crippen molar-refractivity contribution in [3.63, 3.8) is 0 Å². The van der Waals surface area contributed by atoms with Crippen molar-refractivity contribution >= 4 is 34.3 Å². The third-order valence-electron chi connectivity index (χ3n) is 4.48. The van der Waals surface area contributed by atoms with Crippen LogP contribution in [0.3, 0.4) is 0 Å². The van der Waals surface area contributed by atoms with E-state index in [4.69, 9.17) is 0 Å². The third kappa shape index (κ3) is 4.71. The first-order valence-corrected chi connectivity index (χ1v) is 9.88. The van der Waals surface area contributed by atoms with Crippen LogP contribution in [0.5, 0.6) is 5.75 Å². The Morgan fingerprint density at radius 3 is 2.39 bits per heavy atom. The zero-order chi connectivity index (χ0) is 22.9. The van der Waals surface area contributed by atoms with Gasteiger partial charge in [0.2, 0.25) is 0 Å². The molecular weight excluding hydrogens is 435 g/mol. The maximum atomic E-state index is 13.0. The fourth-order valence-corrected chi connectivity index (χ4v) is 3.74. The summed E-state index contributed by atoms with van der Waals surface area (Å²) in [5.74, 6) is -0.947. The number of nitrogens with one attached hydrogen (secondary N) is 2. The molecule has 1 unspecified atom stereocenters. The topological polar surface area (TPSA) is 98.7 Å². The van der Waals surface area contributed by atoms with Crippen LogP contribution in [0.15, 0.2) is 45.3 Å². The van der Waals surface area contributed by atoms with Gasteiger partial charge in [0.15, 0.2) is 5.75 Å². The summed E-state index contributed by atoms with van der Waals surface area (Å²) in [5.41, 5.74) is -2.58. The van der Waals surface area contributed by atoms with Gasteiger partial charge in [0, 0.05) is 19.0 Å². The van der Waals surface area contributed by atoms with Gasteiger partial charge in [-0.3, -0.25) is 14.4 Å². The van der Waals surface area contributed by atoms with E-state index in [1.165, 1.54) is 43.3 Å². The lowest BCUT2D eigenvalue weighted by Crippen LogP contribution is -2.38. The number of halogens is 3. The number of phenolic OH excluding ortho intramolecular Hbond substituents is 1. The highest BCUT2D eigenvalue weighted by Crippen LogP contribution is 2.36. The number of alkyl halides is 3. The molecule has 0 aliphatic heterocycles. The number of para-hydroxylation sites is 1. The van der Waals surface area contributed by atoms with E-state index in [9.17, 15) is 32.7 Å². The molecule has 3 N–H and O–H groups in total. The molecule has 3 rings (SSSR count). The SMILES string of the molecule is CN(C)C(=O)c1cccc(Nc2c(NC(CC(F)(F)F)c3cccs3)c(=O)c2=O)c1O. The molecule has 0 radical (unpaired) electrons. The van der Waals surface area contributed by atoms with Gasteiger partial charge in [-0.05, 0) is 23.6 Å². The molecule has 164 valence electrons. The number of phenols is 1. The second-order valence-corrected chi connectivity index (χ2v) is 7.95. The minimum Gasteiger partial charge on any atom is -0.505 e. The summed E-state index contributed by atoms with van der Waals surface area (Å²) in [6, 6.07) is 6.01. The van der Waals surface area contributed by atoms with Gasteiger partial charge in [-0.2, -0.15) is 13.2 Å². The highest BCUT2D eigenvalue weighted by Gasteiger charge is 2.35. The Hall–Kier alpha value is -3.34. The molecule has 31 heavy (non-hydrogen) atoms. The largest absolute Gasteiger partial charge is 0.505 e. The Labute approximate surface area is 178 Å². The summed E-state index contributed by atoms with van der Waals surface area (Å²) in [4.78, 5) is 37.9. The molecule has 1 heterocycles. The first kappa shape index (κ1) is 22.3. The number of anilines is 3. The highest BCUT2D eigenvalue weighted by molar-refractivity contribution is 7.10. The molecule has 7 nitrogen and oxygen atoms in total. The molecule has 0 saturated carbocycles. The number of carbonyl (C=O) groups excluding carboxylic acids is 1. The van der Waals surface area contributed by atoms with Crippen LogP contribution in [0, 0.1) is 0 Å². The van der Waals surface area contributed by atoms with Gasteiger partial charge in [0.1, 0.15) is 11.4 Å². The second kappa shape index (κ2) is 8.42. The Morgan fingerprint density at radius 1 is 1.13 bits per heavy atom. The molecular formula is C20H18F3N3O4S. The van der Waals surface area contributed by atoms with Gasteiger partial charge in [-0.1, -0.05) is 12.1 Å². The Balaban J connectivity index is 1.92. The smallest absolute Gasteiger partial charge is 0.391 e. The van der Waals surface area contributed by atoms with Crippen LogP contribution in [0.25, 0.3) is 0 Å². The molecule has 1 amide bonds. The third-order valence-corrected chi connectivity index (χ3v) is 5.47. The number of nitrogens with zero attached hydrogens (tertiary/aromatic N) is 1. The van der Waals surface area contributed by atoms with Crippen LogP contribution in [0.2, 0.25) is 0 Å². The van der Waals surface area contributed by atoms with Crippen LogP contribution in [-0.4, -0.2) is 36.2 Å². The van der Waals surface area contributed by atoms with E-state index >= 15 is 0 Å². The number of aromatic hydroxyl groups is 1. The van der Waals surface area contributed by atoms with Gasteiger partial charge in [-0.15, -0.1) is 11.3 Å². The van der Waals surface area contributed by atoms with E-state index in [0.29, 0.717) is 4.88 Å². The van der Waals surface area contributed by atoms with Gasteiger partial charge in [-0.25, -0.2) is 0 Å². The quantitative estimate of drug-likeness (QED) is 0.374. The minimum absolute atomic E-state index is 0.0358. The first-order valence-electron chi connectivity index (χ1n) is 9.00. The summed E-state index contributed by atoms with van der Waals surface area (Å²) >= 11 is 1.08. The molecule has 0 aliphatic rings. The molecule has 11 heteroatoms. The van der Waals surface area contributed by atoms with Crippen LogP contribution in [0.4, 0.5) is 30.2 Å². The van der Waals surface area contributed by atoms with Crippen molar-refractivity contribution in [2.75, 3.05) is 24.7 Å². The molecule has 3 aromatic rings. The minimum atomic E-state index is -4.51. The summed E-state index contributed by atoms with van der Waals surface area (Å²) in [5, 5.41) is 17.1. The van der Waals surface area contributed by atoms with E-state index in [2.05, 4.69) is 10.6 Å². The molecule has 0 aliphatic carbocycles. The lowest BCUT2D eigenvalue weighted by molar-refractivity contribution is -0.137. The van der Waals surface area contributed by atoms with Crippen molar-refractivity contribution in [1.82, 2.24) is 4.90 Å². The van der Waals surface area contributed by atoms with E-state index in [1.54, 1.807) is 11.4 Å². The number of benzene rings is 1. The lowest BCUT2D eigenvalue weighted by atomic mass is 10.1. The fourth-order valence-electron chi connectivity index (χ4n) is 2.96. The average molecular weight is 453 g/mol. The van der Waals surface area contributed by atoms with Gasteiger partial charge in [0.25, 0.3) is 16.8 Å². The van der Waals surface area contributed by atoms with Gasteiger partial charge in [0.05, 0.1) is 23.7 Å². The first-order chi connectivity index (χ1) is 14.5. The highest BCUT2D eigenvalue weighted by atomic mass is 32.1. The maximum Gasteiger partial charge on any atom is 0.391 e. The number of hydrogen-bond donors (Lipinski definition) is 3. The monoisotopic (exact) mass is 453 g/mol. The van der Waals surface area contributed by atoms with Crippen molar-refractivity contribution in [1.29, 1.82) is 0 Å². The Bertz CT molecular complexity index is 1170. The number of amides is 1. The maximum absolute atomic E-state index is 13.0. The lowest BCUT2D eigenvalue weighted by Gasteiger charge is -2.23. The molecule has 1 atom stereocenters. The summed E-state index contributed by atoms with van der Waals surface area (Å²) in [7, 11) is 2.98. The Kier molecular flexibility index (Phi) is 6.07. The van der Waals surface area contributed by atoms with Gasteiger partial charge < -0.3 is 20.6 Å². The molecule has 1 aromatic heterocycles. The van der Waals surface area contributed by atoms with Crippen molar-refractivity contribution in [3.05, 3.63) is 66.6 Å². The molecule has 2 aromatic carbocycles. The number of hydrogen-bond acceptors (Lipinski definition) is 7. The van der Waals surface area contributed by atoms with Crippen LogP contribution < -0.4 is 21.5 Å². The summed E-state index contributed by atoms with van der Waals surface area (Å²) in [6.45, 7) is 0. The van der Waals surface area contributed by atoms with E-state index in [1.807, 2.05) is 0 Å². The zero-order valence-electron chi connectivity index (χ0n) is 16.4. The summed E-state index contributed by atoms with van der Waals surface area (Å²) in [6.07, 6.45) is -5.75. The predicted octanol–water partition coefficient (Wildman–Crippen LogP) is 3.60. The van der Waals surface area contributed by atoms with Crippen molar-refractivity contribution in [2.45, 2.75) is 18.6 Å². The number of rotatable bonds is 7. The molecule has 0 bridgehead atoms. The molecule has 0 spiro atoms. The van der Waals surface area contributed by atoms with E-state index < -0.39 is 41.2 Å². The van der Waals surface area contributed by atoms with E-state index in [0.717, 1.165) is 11.3 Å². The predicted molar refractivity (Wildman–Crippen MR) is 112 cm³/mol. The number of carbonyl (C=O) groups is 1. The van der Waals surface area contributed by atoms with Crippen molar-refractivity contribution in [2.24, 2.45) is 0 Å².